The average molecular weight is 237 g/mol. The maximum atomic E-state index is 3.84. The monoisotopic (exact) mass is 237 g/mol. The van der Waals surface area contributed by atoms with E-state index in [1.807, 2.05) is 18.2 Å². The highest BCUT2D eigenvalue weighted by Crippen LogP contribution is 2.22. The van der Waals surface area contributed by atoms with Gasteiger partial charge in [0.25, 0.3) is 0 Å². The first-order valence-corrected chi connectivity index (χ1v) is 6.29. The second-order valence-electron chi connectivity index (χ2n) is 4.45. The summed E-state index contributed by atoms with van der Waals surface area (Å²) in [5, 5.41) is 3.58. The van der Waals surface area contributed by atoms with Crippen molar-refractivity contribution in [3.8, 4) is 0 Å². The Morgan fingerprint density at radius 1 is 0.889 bits per heavy atom. The average Bonchev–Trinajstić information content (AvgIpc) is 2.46. The lowest BCUT2D eigenvalue weighted by Gasteiger charge is -2.22. The van der Waals surface area contributed by atoms with Gasteiger partial charge >= 0.3 is 0 Å². The Morgan fingerprint density at radius 3 is 1.72 bits per heavy atom. The van der Waals surface area contributed by atoms with Crippen molar-refractivity contribution in [2.75, 3.05) is 0 Å². The van der Waals surface area contributed by atoms with Crippen LogP contribution in [0.4, 0.5) is 0 Å². The molecular weight excluding hydrogens is 218 g/mol. The van der Waals surface area contributed by atoms with Crippen LogP contribution in [0.5, 0.6) is 0 Å². The van der Waals surface area contributed by atoms with Crippen LogP contribution in [0.25, 0.3) is 0 Å². The predicted octanol–water partition coefficient (Wildman–Crippen LogP) is 3.94. The second-order valence-corrected chi connectivity index (χ2v) is 4.45. The van der Waals surface area contributed by atoms with E-state index in [-0.39, 0.29) is 12.1 Å². The van der Waals surface area contributed by atoms with Gasteiger partial charge in [-0.05, 0) is 18.1 Å². The molecule has 1 heteroatoms. The van der Waals surface area contributed by atoms with Crippen LogP contribution >= 0.6 is 0 Å². The largest absolute Gasteiger partial charge is 0.300 e. The van der Waals surface area contributed by atoms with Gasteiger partial charge in [0, 0.05) is 6.04 Å². The molecule has 1 N–H and O–H groups in total. The SMILES string of the molecule is C=C[C@@H](C)NC(c1ccccc1)c1ccccc1. The molecule has 1 nitrogen and oxygen atoms in total. The fraction of sp³-hybridized carbons (Fsp3) is 0.176. The maximum absolute atomic E-state index is 3.84. The molecule has 1 atom stereocenters. The Kier molecular flexibility index (Phi) is 4.32. The van der Waals surface area contributed by atoms with Crippen LogP contribution < -0.4 is 5.32 Å². The van der Waals surface area contributed by atoms with E-state index >= 15 is 0 Å². The van der Waals surface area contributed by atoms with E-state index in [2.05, 4.69) is 67.4 Å². The molecule has 2 aromatic rings. The number of hydrogen-bond acceptors (Lipinski definition) is 1. The standard InChI is InChI=1S/C17H19N/c1-3-14(2)18-17(15-10-6-4-7-11-15)16-12-8-5-9-13-16/h3-14,17-18H,1H2,2H3/t14-/m1/s1. The van der Waals surface area contributed by atoms with E-state index in [1.54, 1.807) is 0 Å². The normalized spacial score (nSPS) is 12.3. The molecule has 0 heterocycles. The van der Waals surface area contributed by atoms with E-state index < -0.39 is 0 Å². The van der Waals surface area contributed by atoms with E-state index in [4.69, 9.17) is 0 Å². The van der Waals surface area contributed by atoms with Gasteiger partial charge in [-0.2, -0.15) is 0 Å². The van der Waals surface area contributed by atoms with Crippen molar-refractivity contribution in [3.63, 3.8) is 0 Å². The molecule has 0 unspecified atom stereocenters. The molecular formula is C17H19N. The summed E-state index contributed by atoms with van der Waals surface area (Å²) in [5.74, 6) is 0. The first-order valence-electron chi connectivity index (χ1n) is 6.29. The van der Waals surface area contributed by atoms with Crippen LogP contribution in [0.2, 0.25) is 0 Å². The van der Waals surface area contributed by atoms with Crippen molar-refractivity contribution in [1.82, 2.24) is 5.32 Å². The number of benzene rings is 2. The number of hydrogen-bond donors (Lipinski definition) is 1. The third-order valence-electron chi connectivity index (χ3n) is 3.05. The van der Waals surface area contributed by atoms with Crippen LogP contribution in [0.3, 0.4) is 0 Å². The molecule has 0 aliphatic carbocycles. The fourth-order valence-electron chi connectivity index (χ4n) is 2.01. The Bertz CT molecular complexity index is 436. The summed E-state index contributed by atoms with van der Waals surface area (Å²) in [6.45, 7) is 5.96. The zero-order valence-electron chi connectivity index (χ0n) is 10.7. The minimum Gasteiger partial charge on any atom is -0.300 e. The lowest BCUT2D eigenvalue weighted by Crippen LogP contribution is -2.29. The van der Waals surface area contributed by atoms with E-state index in [0.717, 1.165) is 0 Å². The zero-order valence-corrected chi connectivity index (χ0v) is 10.7. The summed E-state index contributed by atoms with van der Waals surface area (Å²) in [5.41, 5.74) is 2.55. The summed E-state index contributed by atoms with van der Waals surface area (Å²) in [6.07, 6.45) is 1.93. The van der Waals surface area contributed by atoms with Gasteiger partial charge in [0.15, 0.2) is 0 Å². The van der Waals surface area contributed by atoms with Gasteiger partial charge in [-0.15, -0.1) is 6.58 Å². The van der Waals surface area contributed by atoms with Crippen LogP contribution in [0.15, 0.2) is 73.3 Å². The predicted molar refractivity (Wildman–Crippen MR) is 77.5 cm³/mol. The lowest BCUT2D eigenvalue weighted by atomic mass is 9.98. The molecule has 92 valence electrons. The van der Waals surface area contributed by atoms with Crippen molar-refractivity contribution in [3.05, 3.63) is 84.4 Å². The topological polar surface area (TPSA) is 12.0 Å². The molecule has 0 bridgehead atoms. The summed E-state index contributed by atoms with van der Waals surface area (Å²) < 4.78 is 0. The maximum Gasteiger partial charge on any atom is 0.0581 e. The van der Waals surface area contributed by atoms with Crippen molar-refractivity contribution in [1.29, 1.82) is 0 Å². The smallest absolute Gasteiger partial charge is 0.0581 e. The molecule has 18 heavy (non-hydrogen) atoms. The Morgan fingerprint density at radius 2 is 1.33 bits per heavy atom. The van der Waals surface area contributed by atoms with E-state index in [1.165, 1.54) is 11.1 Å². The van der Waals surface area contributed by atoms with Crippen LogP contribution in [-0.2, 0) is 0 Å². The van der Waals surface area contributed by atoms with Gasteiger partial charge in [-0.1, -0.05) is 66.7 Å². The first-order chi connectivity index (χ1) is 8.81. The van der Waals surface area contributed by atoms with Crippen molar-refractivity contribution in [2.45, 2.75) is 19.0 Å². The summed E-state index contributed by atoms with van der Waals surface area (Å²) >= 11 is 0. The van der Waals surface area contributed by atoms with Gasteiger partial charge in [0.2, 0.25) is 0 Å². The van der Waals surface area contributed by atoms with E-state index in [0.29, 0.717) is 0 Å². The van der Waals surface area contributed by atoms with Crippen LogP contribution in [-0.4, -0.2) is 6.04 Å². The summed E-state index contributed by atoms with van der Waals surface area (Å²) in [4.78, 5) is 0. The third kappa shape index (κ3) is 3.08. The third-order valence-corrected chi connectivity index (χ3v) is 3.05. The Balaban J connectivity index is 2.32. The fourth-order valence-corrected chi connectivity index (χ4v) is 2.01. The van der Waals surface area contributed by atoms with Crippen LogP contribution in [0, 0.1) is 0 Å². The highest BCUT2D eigenvalue weighted by atomic mass is 14.9. The second kappa shape index (κ2) is 6.18. The van der Waals surface area contributed by atoms with Gasteiger partial charge < -0.3 is 5.32 Å². The molecule has 0 amide bonds. The van der Waals surface area contributed by atoms with Crippen molar-refractivity contribution in [2.24, 2.45) is 0 Å². The molecule has 2 aromatic carbocycles. The van der Waals surface area contributed by atoms with Gasteiger partial charge in [-0.25, -0.2) is 0 Å². The molecule has 0 aliphatic rings. The molecule has 0 fully saturated rings. The van der Waals surface area contributed by atoms with Crippen molar-refractivity contribution < 1.29 is 0 Å². The quantitative estimate of drug-likeness (QED) is 0.777. The molecule has 0 aliphatic heterocycles. The molecule has 0 aromatic heterocycles. The first kappa shape index (κ1) is 12.6. The van der Waals surface area contributed by atoms with Gasteiger partial charge in [-0.3, -0.25) is 0 Å². The molecule has 0 saturated carbocycles. The Hall–Kier alpha value is -1.86. The van der Waals surface area contributed by atoms with Crippen LogP contribution in [0.1, 0.15) is 24.1 Å². The molecule has 0 spiro atoms. The molecule has 2 rings (SSSR count). The van der Waals surface area contributed by atoms with Gasteiger partial charge in [0.05, 0.1) is 6.04 Å². The molecule has 0 saturated heterocycles. The zero-order chi connectivity index (χ0) is 12.8. The highest BCUT2D eigenvalue weighted by molar-refractivity contribution is 5.31. The van der Waals surface area contributed by atoms with Crippen molar-refractivity contribution >= 4 is 0 Å². The van der Waals surface area contributed by atoms with E-state index in [9.17, 15) is 0 Å². The lowest BCUT2D eigenvalue weighted by molar-refractivity contribution is 0.563. The minimum absolute atomic E-state index is 0.209. The highest BCUT2D eigenvalue weighted by Gasteiger charge is 2.14. The summed E-state index contributed by atoms with van der Waals surface area (Å²) in [7, 11) is 0. The number of nitrogens with one attached hydrogen (secondary N) is 1. The Labute approximate surface area is 109 Å². The summed E-state index contributed by atoms with van der Waals surface area (Å²) in [6, 6.07) is 21.5. The molecule has 0 radical (unpaired) electrons. The minimum atomic E-state index is 0.209. The number of rotatable bonds is 5. The van der Waals surface area contributed by atoms with Gasteiger partial charge in [0.1, 0.15) is 0 Å².